The molecule has 0 N–H and O–H groups in total. The topological polar surface area (TPSA) is 112 Å². The fourth-order valence-corrected chi connectivity index (χ4v) is 6.76. The Labute approximate surface area is 294 Å². The van der Waals surface area contributed by atoms with E-state index < -0.39 is 40.9 Å². The summed E-state index contributed by atoms with van der Waals surface area (Å²) in [4.78, 5) is 64.8. The molecule has 1 aliphatic rings. The third-order valence-corrected chi connectivity index (χ3v) is 10.6. The molecule has 0 aliphatic carbocycles. The molecule has 0 saturated carbocycles. The quantitative estimate of drug-likeness (QED) is 0.0647. The zero-order valence-corrected chi connectivity index (χ0v) is 30.8. The first-order chi connectivity index (χ1) is 23.3. The lowest BCUT2D eigenvalue weighted by atomic mass is 9.58. The van der Waals surface area contributed by atoms with Crippen molar-refractivity contribution in [2.45, 2.75) is 129 Å². The summed E-state index contributed by atoms with van der Waals surface area (Å²) in [5.74, 6) is -3.54. The van der Waals surface area contributed by atoms with Gasteiger partial charge < -0.3 is 9.47 Å². The number of methoxy groups -OCH3 is 1. The molecule has 0 amide bonds. The number of ketones is 2. The lowest BCUT2D eigenvalue weighted by Gasteiger charge is -2.56. The van der Waals surface area contributed by atoms with Crippen LogP contribution in [-0.2, 0) is 33.5 Å². The minimum atomic E-state index is -1.03. The first-order valence-electron chi connectivity index (χ1n) is 17.9. The number of hydrogen-bond acceptors (Lipinski definition) is 9. The van der Waals surface area contributed by atoms with E-state index >= 15 is 0 Å². The molecule has 1 radical (unpaired) electrons. The Morgan fingerprint density at radius 2 is 1.67 bits per heavy atom. The summed E-state index contributed by atoms with van der Waals surface area (Å²) in [6, 6.07) is 13.5. The molecule has 7 unspecified atom stereocenters. The highest BCUT2D eigenvalue weighted by Crippen LogP contribution is 2.46. The lowest BCUT2D eigenvalue weighted by molar-refractivity contribution is -0.315. The number of rotatable bonds is 19. The van der Waals surface area contributed by atoms with Gasteiger partial charge in [-0.2, -0.15) is 5.06 Å². The second-order valence-electron chi connectivity index (χ2n) is 14.0. The average molecular weight is 676 g/mol. The molecule has 1 aromatic heterocycles. The minimum Gasteiger partial charge on any atom is -0.469 e. The van der Waals surface area contributed by atoms with Crippen molar-refractivity contribution in [2.75, 3.05) is 13.7 Å². The molecule has 1 aliphatic heterocycles. The number of hydroxylamine groups is 2. The number of benzene rings is 1. The third-order valence-electron chi connectivity index (χ3n) is 10.6. The molecule has 1 aromatic carbocycles. The van der Waals surface area contributed by atoms with Gasteiger partial charge >= 0.3 is 11.9 Å². The zero-order valence-electron chi connectivity index (χ0n) is 30.8. The number of esters is 2. The summed E-state index contributed by atoms with van der Waals surface area (Å²) in [7, 11) is 3.06. The monoisotopic (exact) mass is 675 g/mol. The van der Waals surface area contributed by atoms with Gasteiger partial charge in [0.15, 0.2) is 0 Å². The number of Topliss-reactive ketones (excluding diaryl/α,β-unsaturated/α-hetero) is 2. The van der Waals surface area contributed by atoms with Gasteiger partial charge in [0.25, 0.3) is 0 Å². The highest BCUT2D eigenvalue weighted by molar-refractivity contribution is 6.44. The van der Waals surface area contributed by atoms with Gasteiger partial charge in [0.05, 0.1) is 30.9 Å². The van der Waals surface area contributed by atoms with Crippen LogP contribution in [0.2, 0.25) is 12.1 Å². The Bertz CT molecular complexity index is 1380. The van der Waals surface area contributed by atoms with E-state index in [0.29, 0.717) is 25.7 Å². The molecule has 1 fully saturated rings. The van der Waals surface area contributed by atoms with Crippen LogP contribution in [0, 0.1) is 11.8 Å². The van der Waals surface area contributed by atoms with E-state index in [-0.39, 0.29) is 49.2 Å². The molecule has 9 nitrogen and oxygen atoms in total. The Balaban J connectivity index is 1.89. The van der Waals surface area contributed by atoms with Crippen LogP contribution < -0.4 is 0 Å². The van der Waals surface area contributed by atoms with Gasteiger partial charge in [0.2, 0.25) is 0 Å². The Morgan fingerprint density at radius 1 is 1.00 bits per heavy atom. The number of carbonyl (C=O) groups is 4. The maximum absolute atomic E-state index is 14.0. The van der Waals surface area contributed by atoms with Crippen molar-refractivity contribution < 1.29 is 33.5 Å². The number of ether oxygens (including phenoxy) is 2. The summed E-state index contributed by atoms with van der Waals surface area (Å²) in [5.41, 5.74) is 0.751. The fourth-order valence-electron chi connectivity index (χ4n) is 6.76. The number of hydrogen-bond donors (Lipinski definition) is 0. The van der Waals surface area contributed by atoms with E-state index in [4.69, 9.17) is 14.3 Å². The summed E-state index contributed by atoms with van der Waals surface area (Å²) < 4.78 is 10.7. The van der Waals surface area contributed by atoms with E-state index in [0.717, 1.165) is 17.5 Å². The van der Waals surface area contributed by atoms with Gasteiger partial charge in [0, 0.05) is 37.0 Å². The SMILES string of the molecule is CCCCOC(=O)C(CC(C)c1ccccc1)C(=O)CC([B]CC(ON1C(C)(CC)CC(=O)C(C)C1(C)CC)c1ccncc1)C(=O)OC. The van der Waals surface area contributed by atoms with Gasteiger partial charge in [-0.1, -0.05) is 71.4 Å². The van der Waals surface area contributed by atoms with Gasteiger partial charge in [-0.15, -0.1) is 0 Å². The molecule has 10 heteroatoms. The van der Waals surface area contributed by atoms with Crippen LogP contribution in [0.1, 0.15) is 117 Å². The molecule has 2 heterocycles. The number of nitrogens with zero attached hydrogens (tertiary/aromatic N) is 2. The van der Waals surface area contributed by atoms with E-state index in [1.807, 2.05) is 68.3 Å². The van der Waals surface area contributed by atoms with E-state index in [1.165, 1.54) is 7.11 Å². The largest absolute Gasteiger partial charge is 0.469 e. The number of unbranched alkanes of at least 4 members (excludes halogenated alkanes) is 1. The van der Waals surface area contributed by atoms with Crippen LogP contribution >= 0.6 is 0 Å². The van der Waals surface area contributed by atoms with Gasteiger partial charge in [0.1, 0.15) is 24.8 Å². The minimum absolute atomic E-state index is 0.0847. The third kappa shape index (κ3) is 10.1. The smallest absolute Gasteiger partial charge is 0.316 e. The molecule has 2 aromatic rings. The molecule has 7 atom stereocenters. The molecular weight excluding hydrogens is 619 g/mol. The van der Waals surface area contributed by atoms with Crippen molar-refractivity contribution in [1.29, 1.82) is 0 Å². The van der Waals surface area contributed by atoms with Crippen LogP contribution in [-0.4, -0.2) is 65.6 Å². The first kappa shape index (κ1) is 40.1. The predicted molar refractivity (Wildman–Crippen MR) is 191 cm³/mol. The number of aromatic nitrogens is 1. The van der Waals surface area contributed by atoms with Gasteiger partial charge in [-0.05, 0) is 75.0 Å². The standard InChI is InChI=1S/C39H56BN2O7/c1-9-12-22-48-36(45)31(23-27(4)29-16-14-13-15-17-29)33(43)24-32(37(46)47-8)40-26-35(30-18-20-41-21-19-30)49-42-38(6,10-2)25-34(44)28(5)39(42,7)11-3/h13-21,27-28,31-32,35H,9-12,22-26H2,1-8H3. The van der Waals surface area contributed by atoms with Crippen molar-refractivity contribution in [3.05, 3.63) is 66.0 Å². The first-order valence-corrected chi connectivity index (χ1v) is 17.9. The summed E-state index contributed by atoms with van der Waals surface area (Å²) in [6.07, 6.45) is 6.47. The van der Waals surface area contributed by atoms with Crippen molar-refractivity contribution in [3.8, 4) is 0 Å². The predicted octanol–water partition coefficient (Wildman–Crippen LogP) is 7.50. The van der Waals surface area contributed by atoms with Crippen LogP contribution in [0.25, 0.3) is 0 Å². The maximum atomic E-state index is 14.0. The van der Waals surface area contributed by atoms with Gasteiger partial charge in [-0.3, -0.25) is 29.0 Å². The average Bonchev–Trinajstić information content (AvgIpc) is 3.12. The summed E-state index contributed by atoms with van der Waals surface area (Å²) in [6.45, 7) is 14.5. The van der Waals surface area contributed by atoms with E-state index in [9.17, 15) is 19.2 Å². The van der Waals surface area contributed by atoms with Crippen LogP contribution in [0.5, 0.6) is 0 Å². The number of piperidine rings is 1. The van der Waals surface area contributed by atoms with Crippen molar-refractivity contribution in [3.63, 3.8) is 0 Å². The second kappa shape index (κ2) is 18.6. The van der Waals surface area contributed by atoms with Crippen molar-refractivity contribution >= 4 is 30.8 Å². The highest BCUT2D eigenvalue weighted by atomic mass is 16.7. The molecule has 0 bridgehead atoms. The fraction of sp³-hybridized carbons (Fsp3) is 0.615. The molecule has 1 saturated heterocycles. The Morgan fingerprint density at radius 3 is 2.27 bits per heavy atom. The van der Waals surface area contributed by atoms with Gasteiger partial charge in [-0.25, -0.2) is 0 Å². The molecular formula is C39H56BN2O7. The number of carbonyl (C=O) groups excluding carboxylic acids is 4. The summed E-state index contributed by atoms with van der Waals surface area (Å²) >= 11 is 0. The molecule has 267 valence electrons. The number of pyridine rings is 1. The molecule has 49 heavy (non-hydrogen) atoms. The summed E-state index contributed by atoms with van der Waals surface area (Å²) in [5, 5.41) is 2.02. The molecule has 3 rings (SSSR count). The Hall–Kier alpha value is -3.37. The van der Waals surface area contributed by atoms with E-state index in [2.05, 4.69) is 32.7 Å². The zero-order chi connectivity index (χ0) is 36.2. The normalized spacial score (nSPS) is 23.6. The van der Waals surface area contributed by atoms with Crippen molar-refractivity contribution in [1.82, 2.24) is 10.0 Å². The lowest BCUT2D eigenvalue weighted by Crippen LogP contribution is -2.66. The van der Waals surface area contributed by atoms with E-state index in [1.54, 1.807) is 19.7 Å². The second-order valence-corrected chi connectivity index (χ2v) is 14.0. The Kier molecular flexibility index (Phi) is 15.2. The van der Waals surface area contributed by atoms with Crippen LogP contribution in [0.4, 0.5) is 0 Å². The highest BCUT2D eigenvalue weighted by Gasteiger charge is 2.54. The molecule has 0 spiro atoms. The maximum Gasteiger partial charge on any atom is 0.316 e. The van der Waals surface area contributed by atoms with Crippen molar-refractivity contribution in [2.24, 2.45) is 11.8 Å². The van der Waals surface area contributed by atoms with Crippen LogP contribution in [0.15, 0.2) is 54.9 Å². The van der Waals surface area contributed by atoms with Crippen LogP contribution in [0.3, 0.4) is 0 Å².